The zero-order valence-corrected chi connectivity index (χ0v) is 12.1. The third-order valence-electron chi connectivity index (χ3n) is 3.93. The molecular formula is C15H23N3O. The molecule has 0 saturated heterocycles. The Labute approximate surface area is 114 Å². The summed E-state index contributed by atoms with van der Waals surface area (Å²) in [6, 6.07) is 0. The highest BCUT2D eigenvalue weighted by atomic mass is 16.2. The number of aromatic nitrogens is 2. The molecule has 0 atom stereocenters. The summed E-state index contributed by atoms with van der Waals surface area (Å²) in [5, 5.41) is 7.20. The molecule has 104 valence electrons. The number of hydrogen-bond acceptors (Lipinski definition) is 2. The second-order valence-electron chi connectivity index (χ2n) is 5.42. The molecule has 1 aromatic heterocycles. The van der Waals surface area contributed by atoms with Gasteiger partial charge in [0, 0.05) is 25.2 Å². The van der Waals surface area contributed by atoms with Crippen LogP contribution in [0.15, 0.2) is 12.2 Å². The average Bonchev–Trinajstić information content (AvgIpc) is 3.02. The first-order valence-corrected chi connectivity index (χ1v) is 7.00. The van der Waals surface area contributed by atoms with E-state index in [0.717, 1.165) is 43.6 Å². The number of carbonyl (C=O) groups excluding carboxylic acids is 1. The van der Waals surface area contributed by atoms with Crippen molar-refractivity contribution in [1.29, 1.82) is 0 Å². The van der Waals surface area contributed by atoms with Crippen LogP contribution in [-0.4, -0.2) is 34.6 Å². The molecule has 0 aromatic carbocycles. The van der Waals surface area contributed by atoms with E-state index in [0.29, 0.717) is 0 Å². The summed E-state index contributed by atoms with van der Waals surface area (Å²) in [7, 11) is 1.91. The van der Waals surface area contributed by atoms with Crippen molar-refractivity contribution in [3.05, 3.63) is 29.1 Å². The van der Waals surface area contributed by atoms with Crippen LogP contribution in [0.4, 0.5) is 0 Å². The fraction of sp³-hybridized carbons (Fsp3) is 0.600. The molecule has 1 heterocycles. The van der Waals surface area contributed by atoms with Gasteiger partial charge in [-0.2, -0.15) is 5.10 Å². The lowest BCUT2D eigenvalue weighted by atomic mass is 10.0. The molecule has 4 heteroatoms. The highest BCUT2D eigenvalue weighted by Gasteiger charge is 2.22. The molecule has 0 radical (unpaired) electrons. The van der Waals surface area contributed by atoms with E-state index in [-0.39, 0.29) is 11.8 Å². The number of nitrogens with zero attached hydrogens (tertiary/aromatic N) is 2. The molecule has 1 aromatic rings. The Kier molecular flexibility index (Phi) is 4.40. The average molecular weight is 261 g/mol. The van der Waals surface area contributed by atoms with E-state index in [1.54, 1.807) is 0 Å². The Bertz CT molecular complexity index is 448. The zero-order valence-electron chi connectivity index (χ0n) is 12.1. The Hall–Kier alpha value is -1.58. The van der Waals surface area contributed by atoms with Gasteiger partial charge in [0.15, 0.2) is 0 Å². The first-order chi connectivity index (χ1) is 9.09. The van der Waals surface area contributed by atoms with Crippen LogP contribution in [0.5, 0.6) is 0 Å². The van der Waals surface area contributed by atoms with Gasteiger partial charge in [0.05, 0.1) is 5.69 Å². The molecule has 0 aliphatic heterocycles. The summed E-state index contributed by atoms with van der Waals surface area (Å²) in [6.45, 7) is 4.89. The number of aryl methyl sites for hydroxylation is 2. The number of nitrogens with one attached hydrogen (secondary N) is 1. The molecular weight excluding hydrogens is 238 g/mol. The van der Waals surface area contributed by atoms with Gasteiger partial charge in [0.1, 0.15) is 0 Å². The van der Waals surface area contributed by atoms with Crippen molar-refractivity contribution in [2.75, 3.05) is 13.6 Å². The van der Waals surface area contributed by atoms with Crippen molar-refractivity contribution < 1.29 is 4.79 Å². The minimum absolute atomic E-state index is 0.183. The predicted molar refractivity (Wildman–Crippen MR) is 75.9 cm³/mol. The third-order valence-corrected chi connectivity index (χ3v) is 3.93. The highest BCUT2D eigenvalue weighted by Crippen LogP contribution is 2.20. The maximum atomic E-state index is 12.1. The van der Waals surface area contributed by atoms with Crippen LogP contribution in [0, 0.1) is 19.8 Å². The van der Waals surface area contributed by atoms with E-state index in [2.05, 4.69) is 22.3 Å². The van der Waals surface area contributed by atoms with Crippen LogP contribution < -0.4 is 0 Å². The number of rotatable bonds is 5. The summed E-state index contributed by atoms with van der Waals surface area (Å²) < 4.78 is 0. The lowest BCUT2D eigenvalue weighted by Gasteiger charge is -2.20. The quantitative estimate of drug-likeness (QED) is 0.827. The topological polar surface area (TPSA) is 49.0 Å². The Balaban J connectivity index is 1.77. The molecule has 1 N–H and O–H groups in total. The fourth-order valence-corrected chi connectivity index (χ4v) is 2.68. The Morgan fingerprint density at radius 3 is 2.68 bits per heavy atom. The van der Waals surface area contributed by atoms with E-state index >= 15 is 0 Å². The molecule has 0 bridgehead atoms. The molecule has 4 nitrogen and oxygen atoms in total. The molecule has 0 spiro atoms. The van der Waals surface area contributed by atoms with Crippen LogP contribution in [-0.2, 0) is 11.2 Å². The normalized spacial score (nSPS) is 15.1. The van der Waals surface area contributed by atoms with Crippen molar-refractivity contribution in [1.82, 2.24) is 15.1 Å². The standard InChI is InChI=1S/C15H23N3O/c1-11-14(12(2)17-16-11)9-6-10-18(3)15(19)13-7-4-5-8-13/h4-5,13H,6-10H2,1-3H3,(H,16,17). The Morgan fingerprint density at radius 1 is 1.42 bits per heavy atom. The Morgan fingerprint density at radius 2 is 2.11 bits per heavy atom. The molecule has 0 fully saturated rings. The minimum Gasteiger partial charge on any atom is -0.345 e. The fourth-order valence-electron chi connectivity index (χ4n) is 2.68. The monoisotopic (exact) mass is 261 g/mol. The van der Waals surface area contributed by atoms with Gasteiger partial charge in [0.2, 0.25) is 5.91 Å². The molecule has 0 saturated carbocycles. The largest absolute Gasteiger partial charge is 0.345 e. The maximum absolute atomic E-state index is 12.1. The van der Waals surface area contributed by atoms with Crippen molar-refractivity contribution in [2.24, 2.45) is 5.92 Å². The van der Waals surface area contributed by atoms with Crippen LogP contribution in [0.2, 0.25) is 0 Å². The second kappa shape index (κ2) is 6.04. The van der Waals surface area contributed by atoms with Crippen LogP contribution in [0.25, 0.3) is 0 Å². The summed E-state index contributed by atoms with van der Waals surface area (Å²) >= 11 is 0. The smallest absolute Gasteiger partial charge is 0.226 e. The molecule has 1 aliphatic carbocycles. The van der Waals surface area contributed by atoms with E-state index in [1.165, 1.54) is 5.56 Å². The van der Waals surface area contributed by atoms with Gasteiger partial charge in [-0.15, -0.1) is 0 Å². The lowest BCUT2D eigenvalue weighted by Crippen LogP contribution is -2.32. The van der Waals surface area contributed by atoms with Crippen molar-refractivity contribution in [3.63, 3.8) is 0 Å². The number of amides is 1. The van der Waals surface area contributed by atoms with Gasteiger partial charge < -0.3 is 4.90 Å². The number of allylic oxidation sites excluding steroid dienone is 2. The molecule has 1 aliphatic rings. The number of carbonyl (C=O) groups is 1. The minimum atomic E-state index is 0.183. The van der Waals surface area contributed by atoms with Gasteiger partial charge in [-0.1, -0.05) is 12.2 Å². The zero-order chi connectivity index (χ0) is 13.8. The van der Waals surface area contributed by atoms with Crippen molar-refractivity contribution in [2.45, 2.75) is 39.5 Å². The molecule has 2 rings (SSSR count). The van der Waals surface area contributed by atoms with Crippen LogP contribution in [0.3, 0.4) is 0 Å². The van der Waals surface area contributed by atoms with E-state index in [4.69, 9.17) is 0 Å². The number of H-pyrrole nitrogens is 1. The van der Waals surface area contributed by atoms with Gasteiger partial charge in [0.25, 0.3) is 0 Å². The molecule has 1 amide bonds. The maximum Gasteiger partial charge on any atom is 0.226 e. The first kappa shape index (κ1) is 13.8. The van der Waals surface area contributed by atoms with Gasteiger partial charge >= 0.3 is 0 Å². The highest BCUT2D eigenvalue weighted by molar-refractivity contribution is 5.79. The van der Waals surface area contributed by atoms with Crippen LogP contribution in [0.1, 0.15) is 36.2 Å². The van der Waals surface area contributed by atoms with Gasteiger partial charge in [-0.05, 0) is 45.1 Å². The summed E-state index contributed by atoms with van der Waals surface area (Å²) in [5.41, 5.74) is 3.52. The second-order valence-corrected chi connectivity index (χ2v) is 5.42. The number of hydrogen-bond donors (Lipinski definition) is 1. The summed E-state index contributed by atoms with van der Waals surface area (Å²) in [6.07, 6.45) is 7.99. The van der Waals surface area contributed by atoms with Crippen LogP contribution >= 0.6 is 0 Å². The van der Waals surface area contributed by atoms with E-state index in [1.807, 2.05) is 25.8 Å². The third kappa shape index (κ3) is 3.25. The molecule has 0 unspecified atom stereocenters. The SMILES string of the molecule is Cc1n[nH]c(C)c1CCCN(C)C(=O)C1CC=CC1. The predicted octanol–water partition coefficient (Wildman–Crippen LogP) is 2.38. The van der Waals surface area contributed by atoms with E-state index < -0.39 is 0 Å². The summed E-state index contributed by atoms with van der Waals surface area (Å²) in [4.78, 5) is 14.0. The lowest BCUT2D eigenvalue weighted by molar-refractivity contribution is -0.133. The molecule has 19 heavy (non-hydrogen) atoms. The number of aromatic amines is 1. The van der Waals surface area contributed by atoms with Crippen molar-refractivity contribution in [3.8, 4) is 0 Å². The first-order valence-electron chi connectivity index (χ1n) is 7.00. The van der Waals surface area contributed by atoms with Crippen molar-refractivity contribution >= 4 is 5.91 Å². The van der Waals surface area contributed by atoms with Gasteiger partial charge in [-0.3, -0.25) is 9.89 Å². The summed E-state index contributed by atoms with van der Waals surface area (Å²) in [5.74, 6) is 0.466. The van der Waals surface area contributed by atoms with Gasteiger partial charge in [-0.25, -0.2) is 0 Å². The van der Waals surface area contributed by atoms with E-state index in [9.17, 15) is 4.79 Å².